The highest BCUT2D eigenvalue weighted by molar-refractivity contribution is 8.00. The first-order valence-electron chi connectivity index (χ1n) is 5.34. The minimum atomic E-state index is -0.146. The Kier molecular flexibility index (Phi) is 3.67. The van der Waals surface area contributed by atoms with Crippen LogP contribution >= 0.6 is 11.8 Å². The van der Waals surface area contributed by atoms with E-state index in [1.165, 1.54) is 4.90 Å². The van der Waals surface area contributed by atoms with E-state index in [1.807, 2.05) is 24.3 Å². The molecule has 0 spiro atoms. The summed E-state index contributed by atoms with van der Waals surface area (Å²) in [6, 6.07) is 7.90. The number of benzene rings is 1. The van der Waals surface area contributed by atoms with E-state index in [9.17, 15) is 5.11 Å². The van der Waals surface area contributed by atoms with Gasteiger partial charge < -0.3 is 10.2 Å². The van der Waals surface area contributed by atoms with Crippen LogP contribution in [0, 0.1) is 0 Å². The Morgan fingerprint density at radius 3 is 2.47 bits per heavy atom. The second kappa shape index (κ2) is 5.01. The molecule has 1 aliphatic carbocycles. The lowest BCUT2D eigenvalue weighted by Crippen LogP contribution is -2.14. The molecule has 0 radical (unpaired) electrons. The van der Waals surface area contributed by atoms with Gasteiger partial charge in [0.25, 0.3) is 0 Å². The molecule has 15 heavy (non-hydrogen) atoms. The molecule has 0 aromatic heterocycles. The van der Waals surface area contributed by atoms with Crippen molar-refractivity contribution in [2.75, 3.05) is 0 Å². The molecule has 1 aromatic rings. The van der Waals surface area contributed by atoms with Gasteiger partial charge in [0.05, 0.1) is 12.7 Å². The van der Waals surface area contributed by atoms with E-state index in [1.54, 1.807) is 11.8 Å². The first-order valence-corrected chi connectivity index (χ1v) is 6.22. The van der Waals surface area contributed by atoms with Crippen LogP contribution in [0.15, 0.2) is 29.2 Å². The third-order valence-corrected chi connectivity index (χ3v) is 4.21. The predicted octanol–water partition coefficient (Wildman–Crippen LogP) is 2.18. The van der Waals surface area contributed by atoms with Crippen LogP contribution < -0.4 is 0 Å². The van der Waals surface area contributed by atoms with Crippen molar-refractivity contribution in [2.24, 2.45) is 0 Å². The molecule has 0 unspecified atom stereocenters. The second-order valence-corrected chi connectivity index (χ2v) is 5.27. The monoisotopic (exact) mass is 224 g/mol. The van der Waals surface area contributed by atoms with Crippen LogP contribution in [0.2, 0.25) is 0 Å². The highest BCUT2D eigenvalue weighted by Gasteiger charge is 2.25. The van der Waals surface area contributed by atoms with Crippen molar-refractivity contribution in [3.8, 4) is 0 Å². The zero-order chi connectivity index (χ0) is 10.7. The fourth-order valence-corrected chi connectivity index (χ4v) is 3.11. The van der Waals surface area contributed by atoms with E-state index in [-0.39, 0.29) is 12.7 Å². The summed E-state index contributed by atoms with van der Waals surface area (Å²) >= 11 is 1.75. The van der Waals surface area contributed by atoms with Crippen LogP contribution in [-0.2, 0) is 6.61 Å². The van der Waals surface area contributed by atoms with E-state index in [4.69, 9.17) is 5.11 Å². The Balaban J connectivity index is 1.98. The van der Waals surface area contributed by atoms with Crippen molar-refractivity contribution in [2.45, 2.75) is 42.1 Å². The fourth-order valence-electron chi connectivity index (χ4n) is 1.89. The first-order chi connectivity index (χ1) is 7.29. The minimum Gasteiger partial charge on any atom is -0.392 e. The summed E-state index contributed by atoms with van der Waals surface area (Å²) in [6.45, 7) is 0.0942. The van der Waals surface area contributed by atoms with Gasteiger partial charge in [-0.1, -0.05) is 12.1 Å². The summed E-state index contributed by atoms with van der Waals surface area (Å²) in [4.78, 5) is 1.18. The average Bonchev–Trinajstić information content (AvgIpc) is 2.66. The molecule has 0 bridgehead atoms. The topological polar surface area (TPSA) is 40.5 Å². The maximum Gasteiger partial charge on any atom is 0.0681 e. The smallest absolute Gasteiger partial charge is 0.0681 e. The van der Waals surface area contributed by atoms with Crippen LogP contribution in [0.5, 0.6) is 0 Å². The number of hydrogen-bond donors (Lipinski definition) is 2. The molecule has 0 heterocycles. The molecule has 82 valence electrons. The Bertz CT molecular complexity index is 310. The second-order valence-electron chi connectivity index (χ2n) is 3.96. The quantitative estimate of drug-likeness (QED) is 0.827. The molecule has 1 aliphatic rings. The van der Waals surface area contributed by atoms with Gasteiger partial charge in [0.1, 0.15) is 0 Å². The van der Waals surface area contributed by atoms with Crippen LogP contribution in [0.4, 0.5) is 0 Å². The van der Waals surface area contributed by atoms with E-state index in [2.05, 4.69) is 0 Å². The standard InChI is InChI=1S/C12H16O2S/c13-8-9-4-6-10(7-5-9)15-12-3-1-2-11(12)14/h4-7,11-14H,1-3,8H2/t11-,12-/m1/s1. The molecule has 2 rings (SSSR count). The summed E-state index contributed by atoms with van der Waals surface area (Å²) in [7, 11) is 0. The molecule has 3 heteroatoms. The van der Waals surface area contributed by atoms with Crippen LogP contribution in [0.25, 0.3) is 0 Å². The highest BCUT2D eigenvalue weighted by atomic mass is 32.2. The van der Waals surface area contributed by atoms with Gasteiger partial charge in [0.15, 0.2) is 0 Å². The summed E-state index contributed by atoms with van der Waals surface area (Å²) in [6.07, 6.45) is 3.03. The largest absolute Gasteiger partial charge is 0.392 e. The van der Waals surface area contributed by atoms with Crippen molar-refractivity contribution in [1.82, 2.24) is 0 Å². The Hall–Kier alpha value is -0.510. The van der Waals surface area contributed by atoms with Gasteiger partial charge >= 0.3 is 0 Å². The molecule has 1 saturated carbocycles. The van der Waals surface area contributed by atoms with Gasteiger partial charge in [0, 0.05) is 10.1 Å². The molecule has 1 fully saturated rings. The Morgan fingerprint density at radius 1 is 1.20 bits per heavy atom. The molecule has 2 N–H and O–H groups in total. The lowest BCUT2D eigenvalue weighted by molar-refractivity contribution is 0.188. The molecule has 0 amide bonds. The van der Waals surface area contributed by atoms with Gasteiger partial charge in [-0.15, -0.1) is 11.8 Å². The van der Waals surface area contributed by atoms with Gasteiger partial charge in [-0.25, -0.2) is 0 Å². The van der Waals surface area contributed by atoms with Gasteiger partial charge in [-0.3, -0.25) is 0 Å². The molecular weight excluding hydrogens is 208 g/mol. The zero-order valence-electron chi connectivity index (χ0n) is 8.60. The molecular formula is C12H16O2S. The van der Waals surface area contributed by atoms with Crippen molar-refractivity contribution >= 4 is 11.8 Å². The number of rotatable bonds is 3. The Morgan fingerprint density at radius 2 is 1.93 bits per heavy atom. The molecule has 2 atom stereocenters. The molecule has 2 nitrogen and oxygen atoms in total. The number of aliphatic hydroxyl groups is 2. The van der Waals surface area contributed by atoms with Crippen LogP contribution in [0.1, 0.15) is 24.8 Å². The van der Waals surface area contributed by atoms with E-state index >= 15 is 0 Å². The summed E-state index contributed by atoms with van der Waals surface area (Å²) in [5.41, 5.74) is 0.936. The lowest BCUT2D eigenvalue weighted by atomic mass is 10.2. The molecule has 0 saturated heterocycles. The Labute approximate surface area is 94.3 Å². The van der Waals surface area contributed by atoms with Crippen molar-refractivity contribution < 1.29 is 10.2 Å². The van der Waals surface area contributed by atoms with Crippen molar-refractivity contribution in [1.29, 1.82) is 0 Å². The summed E-state index contributed by atoms with van der Waals surface area (Å²) in [5, 5.41) is 18.9. The maximum absolute atomic E-state index is 9.69. The number of hydrogen-bond acceptors (Lipinski definition) is 3. The highest BCUT2D eigenvalue weighted by Crippen LogP contribution is 2.34. The van der Waals surface area contributed by atoms with Crippen molar-refractivity contribution in [3.63, 3.8) is 0 Å². The third kappa shape index (κ3) is 2.74. The third-order valence-electron chi connectivity index (χ3n) is 2.81. The van der Waals surface area contributed by atoms with Gasteiger partial charge in [-0.05, 0) is 37.0 Å². The summed E-state index contributed by atoms with van der Waals surface area (Å²) in [5.74, 6) is 0. The fraction of sp³-hybridized carbons (Fsp3) is 0.500. The lowest BCUT2D eigenvalue weighted by Gasteiger charge is -2.13. The van der Waals surface area contributed by atoms with E-state index in [0.29, 0.717) is 5.25 Å². The van der Waals surface area contributed by atoms with Crippen LogP contribution in [-0.4, -0.2) is 21.6 Å². The normalized spacial score (nSPS) is 25.7. The number of thioether (sulfide) groups is 1. The van der Waals surface area contributed by atoms with Gasteiger partial charge in [-0.2, -0.15) is 0 Å². The zero-order valence-corrected chi connectivity index (χ0v) is 9.41. The molecule has 0 aliphatic heterocycles. The average molecular weight is 224 g/mol. The van der Waals surface area contributed by atoms with Crippen LogP contribution in [0.3, 0.4) is 0 Å². The van der Waals surface area contributed by atoms with Gasteiger partial charge in [0.2, 0.25) is 0 Å². The SMILES string of the molecule is OCc1ccc(S[C@@H]2CCC[C@H]2O)cc1. The maximum atomic E-state index is 9.69. The number of aliphatic hydroxyl groups excluding tert-OH is 2. The molecule has 1 aromatic carbocycles. The van der Waals surface area contributed by atoms with E-state index in [0.717, 1.165) is 24.8 Å². The first kappa shape index (κ1) is 11.0. The van der Waals surface area contributed by atoms with Crippen molar-refractivity contribution in [3.05, 3.63) is 29.8 Å². The minimum absolute atomic E-state index is 0.0942. The van der Waals surface area contributed by atoms with E-state index < -0.39 is 0 Å². The predicted molar refractivity (Wildman–Crippen MR) is 61.9 cm³/mol. The summed E-state index contributed by atoms with van der Waals surface area (Å²) < 4.78 is 0.